The largest absolute Gasteiger partial charge is 0.465 e. The molecule has 1 fully saturated rings. The van der Waals surface area contributed by atoms with Gasteiger partial charge in [-0.15, -0.1) is 0 Å². The maximum atomic E-state index is 11.3. The van der Waals surface area contributed by atoms with Crippen LogP contribution in [-0.2, 0) is 11.3 Å². The molecule has 0 radical (unpaired) electrons. The molecule has 0 amide bonds. The molecule has 0 aliphatic carbocycles. The number of carbonyl (C=O) groups is 1. The van der Waals surface area contributed by atoms with E-state index >= 15 is 0 Å². The number of pyridine rings is 1. The summed E-state index contributed by atoms with van der Waals surface area (Å²) in [5.41, 5.74) is 1.50. The minimum Gasteiger partial charge on any atom is -0.465 e. The van der Waals surface area contributed by atoms with Gasteiger partial charge in [-0.25, -0.2) is 4.79 Å². The van der Waals surface area contributed by atoms with Crippen LogP contribution in [0.2, 0.25) is 0 Å². The SMILES string of the molecule is COC(=O)c1ccc(CN2CC(C)SC(C)C2)nc1. The Morgan fingerprint density at radius 1 is 1.42 bits per heavy atom. The Bertz CT molecular complexity index is 426. The van der Waals surface area contributed by atoms with Crippen LogP contribution in [0, 0.1) is 0 Å². The van der Waals surface area contributed by atoms with Crippen LogP contribution in [0.1, 0.15) is 29.9 Å². The van der Waals surface area contributed by atoms with Crippen molar-refractivity contribution in [3.05, 3.63) is 29.6 Å². The number of methoxy groups -OCH3 is 1. The third-order valence-corrected chi connectivity index (χ3v) is 4.35. The average molecular weight is 280 g/mol. The molecule has 2 heterocycles. The molecule has 2 rings (SSSR count). The third kappa shape index (κ3) is 3.94. The molecule has 0 saturated carbocycles. The van der Waals surface area contributed by atoms with E-state index in [1.165, 1.54) is 7.11 Å². The number of carbonyl (C=O) groups excluding carboxylic acids is 1. The van der Waals surface area contributed by atoms with Crippen LogP contribution in [0.5, 0.6) is 0 Å². The van der Waals surface area contributed by atoms with E-state index in [0.717, 1.165) is 25.3 Å². The van der Waals surface area contributed by atoms with Gasteiger partial charge in [-0.05, 0) is 12.1 Å². The van der Waals surface area contributed by atoms with E-state index in [4.69, 9.17) is 0 Å². The van der Waals surface area contributed by atoms with Crippen LogP contribution < -0.4 is 0 Å². The zero-order valence-electron chi connectivity index (χ0n) is 11.6. The van der Waals surface area contributed by atoms with Gasteiger partial charge in [-0.2, -0.15) is 11.8 Å². The summed E-state index contributed by atoms with van der Waals surface area (Å²) in [6.45, 7) is 7.56. The summed E-state index contributed by atoms with van der Waals surface area (Å²) in [4.78, 5) is 18.1. The molecule has 2 atom stereocenters. The standard InChI is InChI=1S/C14H20N2O2S/c1-10-7-16(8-11(2)19-10)9-13-5-4-12(6-15-13)14(17)18-3/h4-6,10-11H,7-9H2,1-3H3. The molecule has 1 aliphatic heterocycles. The molecule has 0 aromatic carbocycles. The molecule has 0 spiro atoms. The third-order valence-electron chi connectivity index (χ3n) is 3.13. The van der Waals surface area contributed by atoms with Crippen molar-refractivity contribution in [1.29, 1.82) is 0 Å². The van der Waals surface area contributed by atoms with Crippen LogP contribution in [0.25, 0.3) is 0 Å². The number of ether oxygens (including phenoxy) is 1. The molecule has 2 unspecified atom stereocenters. The molecular weight excluding hydrogens is 260 g/mol. The molecule has 4 nitrogen and oxygen atoms in total. The smallest absolute Gasteiger partial charge is 0.339 e. The zero-order chi connectivity index (χ0) is 13.8. The second kappa shape index (κ2) is 6.39. The second-order valence-corrected chi connectivity index (χ2v) is 6.86. The number of thioether (sulfide) groups is 1. The van der Waals surface area contributed by atoms with Crippen molar-refractivity contribution in [3.63, 3.8) is 0 Å². The normalized spacial score (nSPS) is 24.2. The Morgan fingerprint density at radius 2 is 2.11 bits per heavy atom. The molecule has 0 bridgehead atoms. The predicted molar refractivity (Wildman–Crippen MR) is 77.4 cm³/mol. The fourth-order valence-corrected chi connectivity index (χ4v) is 3.79. The highest BCUT2D eigenvalue weighted by Gasteiger charge is 2.22. The Kier molecular flexibility index (Phi) is 4.82. The summed E-state index contributed by atoms with van der Waals surface area (Å²) in [5.74, 6) is -0.337. The van der Waals surface area contributed by atoms with Crippen molar-refractivity contribution in [1.82, 2.24) is 9.88 Å². The van der Waals surface area contributed by atoms with Crippen molar-refractivity contribution in [2.45, 2.75) is 30.9 Å². The summed E-state index contributed by atoms with van der Waals surface area (Å²) >= 11 is 2.04. The van der Waals surface area contributed by atoms with Crippen molar-refractivity contribution in [2.75, 3.05) is 20.2 Å². The first kappa shape index (κ1) is 14.3. The molecule has 1 aromatic heterocycles. The Morgan fingerprint density at radius 3 is 2.63 bits per heavy atom. The number of hydrogen-bond donors (Lipinski definition) is 0. The summed E-state index contributed by atoms with van der Waals surface area (Å²) in [6, 6.07) is 3.68. The highest BCUT2D eigenvalue weighted by atomic mass is 32.2. The van der Waals surface area contributed by atoms with Crippen LogP contribution in [0.3, 0.4) is 0 Å². The molecule has 1 saturated heterocycles. The molecule has 1 aliphatic rings. The van der Waals surface area contributed by atoms with E-state index in [2.05, 4.69) is 28.5 Å². The summed E-state index contributed by atoms with van der Waals surface area (Å²) in [5, 5.41) is 1.33. The highest BCUT2D eigenvalue weighted by Crippen LogP contribution is 2.25. The van der Waals surface area contributed by atoms with E-state index in [9.17, 15) is 4.79 Å². The molecule has 19 heavy (non-hydrogen) atoms. The average Bonchev–Trinajstić information content (AvgIpc) is 2.37. The fraction of sp³-hybridized carbons (Fsp3) is 0.571. The van der Waals surface area contributed by atoms with E-state index in [1.54, 1.807) is 12.3 Å². The van der Waals surface area contributed by atoms with Crippen LogP contribution >= 0.6 is 11.8 Å². The maximum Gasteiger partial charge on any atom is 0.339 e. The molecular formula is C14H20N2O2S. The lowest BCUT2D eigenvalue weighted by molar-refractivity contribution is 0.0600. The van der Waals surface area contributed by atoms with Crippen molar-refractivity contribution in [2.24, 2.45) is 0 Å². The van der Waals surface area contributed by atoms with E-state index < -0.39 is 0 Å². The molecule has 5 heteroatoms. The Labute approximate surface area is 118 Å². The first-order valence-corrected chi connectivity index (χ1v) is 7.44. The van der Waals surface area contributed by atoms with Crippen LogP contribution in [-0.4, -0.2) is 46.6 Å². The quantitative estimate of drug-likeness (QED) is 0.794. The van der Waals surface area contributed by atoms with Crippen LogP contribution in [0.15, 0.2) is 18.3 Å². The van der Waals surface area contributed by atoms with Gasteiger partial charge in [0.1, 0.15) is 0 Å². The van der Waals surface area contributed by atoms with E-state index in [-0.39, 0.29) is 5.97 Å². The first-order valence-electron chi connectivity index (χ1n) is 6.49. The van der Waals surface area contributed by atoms with Gasteiger partial charge in [0.15, 0.2) is 0 Å². The lowest BCUT2D eigenvalue weighted by atomic mass is 10.2. The topological polar surface area (TPSA) is 42.4 Å². The minimum atomic E-state index is -0.337. The van der Waals surface area contributed by atoms with Gasteiger partial charge in [0.2, 0.25) is 0 Å². The lowest BCUT2D eigenvalue weighted by Gasteiger charge is -2.34. The number of nitrogens with zero attached hydrogens (tertiary/aromatic N) is 2. The van der Waals surface area contributed by atoms with E-state index in [0.29, 0.717) is 16.1 Å². The first-order chi connectivity index (χ1) is 9.08. The van der Waals surface area contributed by atoms with Gasteiger partial charge in [0.25, 0.3) is 0 Å². The zero-order valence-corrected chi connectivity index (χ0v) is 12.4. The number of esters is 1. The van der Waals surface area contributed by atoms with Gasteiger partial charge < -0.3 is 4.74 Å². The molecule has 104 valence electrons. The molecule has 1 aromatic rings. The predicted octanol–water partition coefficient (Wildman–Crippen LogP) is 2.19. The highest BCUT2D eigenvalue weighted by molar-refractivity contribution is 8.00. The Balaban J connectivity index is 1.97. The molecule has 0 N–H and O–H groups in total. The van der Waals surface area contributed by atoms with Gasteiger partial charge in [0.05, 0.1) is 18.4 Å². The minimum absolute atomic E-state index is 0.337. The van der Waals surface area contributed by atoms with Crippen LogP contribution in [0.4, 0.5) is 0 Å². The fourth-order valence-electron chi connectivity index (χ4n) is 2.40. The number of rotatable bonds is 3. The number of hydrogen-bond acceptors (Lipinski definition) is 5. The second-order valence-electron chi connectivity index (χ2n) is 4.98. The number of aromatic nitrogens is 1. The van der Waals surface area contributed by atoms with Gasteiger partial charge in [0, 0.05) is 36.3 Å². The lowest BCUT2D eigenvalue weighted by Crippen LogP contribution is -2.39. The van der Waals surface area contributed by atoms with Crippen molar-refractivity contribution >= 4 is 17.7 Å². The van der Waals surface area contributed by atoms with Gasteiger partial charge in [-0.3, -0.25) is 9.88 Å². The van der Waals surface area contributed by atoms with Gasteiger partial charge in [-0.1, -0.05) is 13.8 Å². The monoisotopic (exact) mass is 280 g/mol. The van der Waals surface area contributed by atoms with Gasteiger partial charge >= 0.3 is 5.97 Å². The maximum absolute atomic E-state index is 11.3. The van der Waals surface area contributed by atoms with Crippen molar-refractivity contribution < 1.29 is 9.53 Å². The summed E-state index contributed by atoms with van der Waals surface area (Å²) in [7, 11) is 1.38. The Hall–Kier alpha value is -1.07. The summed E-state index contributed by atoms with van der Waals surface area (Å²) < 4.78 is 4.66. The van der Waals surface area contributed by atoms with E-state index in [1.807, 2.05) is 17.8 Å². The van der Waals surface area contributed by atoms with Crippen molar-refractivity contribution in [3.8, 4) is 0 Å². The summed E-state index contributed by atoms with van der Waals surface area (Å²) in [6.07, 6.45) is 1.59.